The highest BCUT2D eigenvalue weighted by atomic mass is 16.5. The molecule has 4 nitrogen and oxygen atoms in total. The smallest absolute Gasteiger partial charge is 0.142 e. The Balaban J connectivity index is 2.06. The first kappa shape index (κ1) is 6.14. The number of nitrogen functional groups attached to an aromatic ring is 1. The molecule has 76 valence electrons. The summed E-state index contributed by atoms with van der Waals surface area (Å²) in [4.78, 5) is 0. The van der Waals surface area contributed by atoms with E-state index in [0.29, 0.717) is 18.0 Å². The molecule has 1 heterocycles. The summed E-state index contributed by atoms with van der Waals surface area (Å²) in [5, 5.41) is 3.06. The molecule has 4 heteroatoms. The fraction of sp³-hybridized carbons (Fsp3) is 0.400. The van der Waals surface area contributed by atoms with Gasteiger partial charge in [-0.05, 0) is 18.2 Å². The van der Waals surface area contributed by atoms with Crippen molar-refractivity contribution in [3.05, 3.63) is 18.2 Å². The fourth-order valence-corrected chi connectivity index (χ4v) is 1.35. The van der Waals surface area contributed by atoms with Gasteiger partial charge in [0.25, 0.3) is 0 Å². The molecule has 0 amide bonds. The molecule has 0 radical (unpaired) electrons. The van der Waals surface area contributed by atoms with E-state index in [-0.39, 0.29) is 6.61 Å². The summed E-state index contributed by atoms with van der Waals surface area (Å²) in [7, 11) is -2.41. The Kier molecular flexibility index (Phi) is 1.65. The van der Waals surface area contributed by atoms with Crippen LogP contribution in [0.4, 0.5) is 11.4 Å². The molecule has 1 aliphatic rings. The maximum Gasteiger partial charge on any atom is 0.142 e. The van der Waals surface area contributed by atoms with Crippen LogP contribution in [-0.2, 0) is 4.74 Å². The van der Waals surface area contributed by atoms with Gasteiger partial charge in [0, 0.05) is 19.3 Å². The van der Waals surface area contributed by atoms with Crippen molar-refractivity contribution in [1.82, 2.24) is 0 Å². The minimum Gasteiger partial charge on any atom is -0.489 e. The zero-order chi connectivity index (χ0) is 12.5. The Morgan fingerprint density at radius 3 is 3.50 bits per heavy atom. The highest BCUT2D eigenvalue weighted by Gasteiger charge is 2.15. The lowest BCUT2D eigenvalue weighted by atomic mass is 10.2. The van der Waals surface area contributed by atoms with E-state index >= 15 is 0 Å². The van der Waals surface area contributed by atoms with Gasteiger partial charge in [-0.25, -0.2) is 0 Å². The van der Waals surface area contributed by atoms with E-state index in [4.69, 9.17) is 19.3 Å². The van der Waals surface area contributed by atoms with Gasteiger partial charge in [0.15, 0.2) is 0 Å². The number of fused-ring (bicyclic) bond motifs is 1. The quantitative estimate of drug-likeness (QED) is 0.662. The van der Waals surface area contributed by atoms with Crippen molar-refractivity contribution in [2.75, 3.05) is 31.2 Å². The van der Waals surface area contributed by atoms with Gasteiger partial charge in [-0.1, -0.05) is 0 Å². The molecular formula is C10H14N2O2. The summed E-state index contributed by atoms with van der Waals surface area (Å²) >= 11 is 0. The normalized spacial score (nSPS) is 24.3. The van der Waals surface area contributed by atoms with Crippen LogP contribution in [0.2, 0.25) is 0 Å². The van der Waals surface area contributed by atoms with E-state index in [1.165, 1.54) is 0 Å². The molecule has 1 aromatic rings. The lowest BCUT2D eigenvalue weighted by molar-refractivity contribution is 0.0709. The predicted molar refractivity (Wildman–Crippen MR) is 55.6 cm³/mol. The standard InChI is InChI=1S/C10H14N2O2/c1-13-8-5-12-9-4-7(11)2-3-10(9)14-6-8/h2-4,8,12H,5-6,11H2,1H3/t8-/m0/s1/i1D3. The number of anilines is 2. The third-order valence-electron chi connectivity index (χ3n) is 2.12. The van der Waals surface area contributed by atoms with Gasteiger partial charge in [0.05, 0.1) is 9.80 Å². The highest BCUT2D eigenvalue weighted by molar-refractivity contribution is 5.63. The van der Waals surface area contributed by atoms with Gasteiger partial charge >= 0.3 is 0 Å². The lowest BCUT2D eigenvalue weighted by Crippen LogP contribution is -2.25. The van der Waals surface area contributed by atoms with Crippen LogP contribution in [0.25, 0.3) is 0 Å². The van der Waals surface area contributed by atoms with Crippen molar-refractivity contribution in [3.8, 4) is 5.75 Å². The molecule has 3 N–H and O–H groups in total. The van der Waals surface area contributed by atoms with Crippen LogP contribution in [0.5, 0.6) is 5.75 Å². The van der Waals surface area contributed by atoms with Crippen LogP contribution >= 0.6 is 0 Å². The second-order valence-electron chi connectivity index (χ2n) is 3.19. The molecular weight excluding hydrogens is 180 g/mol. The fourth-order valence-electron chi connectivity index (χ4n) is 1.35. The molecule has 0 fully saturated rings. The van der Waals surface area contributed by atoms with Gasteiger partial charge in [-0.15, -0.1) is 0 Å². The van der Waals surface area contributed by atoms with E-state index in [0.717, 1.165) is 5.69 Å². The molecule has 0 spiro atoms. The van der Waals surface area contributed by atoms with Gasteiger partial charge in [0.1, 0.15) is 18.5 Å². The monoisotopic (exact) mass is 197 g/mol. The number of nitrogens with one attached hydrogen (secondary N) is 1. The van der Waals surface area contributed by atoms with Gasteiger partial charge in [-0.3, -0.25) is 0 Å². The maximum absolute atomic E-state index is 7.04. The van der Waals surface area contributed by atoms with E-state index in [2.05, 4.69) is 5.32 Å². The molecule has 0 aromatic heterocycles. The van der Waals surface area contributed by atoms with Crippen molar-refractivity contribution in [2.45, 2.75) is 6.10 Å². The summed E-state index contributed by atoms with van der Waals surface area (Å²) in [6.07, 6.45) is -0.517. The second kappa shape index (κ2) is 3.75. The third kappa shape index (κ3) is 1.75. The Morgan fingerprint density at radius 1 is 1.71 bits per heavy atom. The van der Waals surface area contributed by atoms with Crippen LogP contribution in [-0.4, -0.2) is 26.3 Å². The number of hydrogen-bond acceptors (Lipinski definition) is 4. The molecule has 1 aliphatic heterocycles. The molecule has 0 bridgehead atoms. The van der Waals surface area contributed by atoms with Crippen LogP contribution in [0, 0.1) is 0 Å². The highest BCUT2D eigenvalue weighted by Crippen LogP contribution is 2.28. The Morgan fingerprint density at radius 2 is 2.64 bits per heavy atom. The van der Waals surface area contributed by atoms with E-state index in [1.807, 2.05) is 0 Å². The van der Waals surface area contributed by atoms with Gasteiger partial charge < -0.3 is 20.5 Å². The van der Waals surface area contributed by atoms with Gasteiger partial charge in [-0.2, -0.15) is 0 Å². The SMILES string of the molecule is [2H]C([2H])([2H])O[C@H]1CNc2cc(N)ccc2OC1. The Hall–Kier alpha value is -1.42. The first-order valence-electron chi connectivity index (χ1n) is 5.88. The molecule has 0 saturated heterocycles. The van der Waals surface area contributed by atoms with Crippen molar-refractivity contribution >= 4 is 11.4 Å². The average molecular weight is 197 g/mol. The number of benzene rings is 1. The molecule has 0 unspecified atom stereocenters. The molecule has 0 saturated carbocycles. The maximum atomic E-state index is 7.04. The first-order valence-corrected chi connectivity index (χ1v) is 4.38. The summed E-state index contributed by atoms with van der Waals surface area (Å²) in [6.45, 7) is 0.567. The average Bonchev–Trinajstić information content (AvgIpc) is 2.39. The van der Waals surface area contributed by atoms with Crippen molar-refractivity contribution in [1.29, 1.82) is 0 Å². The number of nitrogens with two attached hydrogens (primary N) is 1. The third-order valence-corrected chi connectivity index (χ3v) is 2.12. The number of hydrogen-bond donors (Lipinski definition) is 2. The molecule has 2 rings (SSSR count). The minimum atomic E-state index is -2.41. The van der Waals surface area contributed by atoms with Gasteiger partial charge in [0.2, 0.25) is 0 Å². The van der Waals surface area contributed by atoms with Crippen LogP contribution in [0.1, 0.15) is 4.11 Å². The Bertz CT molecular complexity index is 409. The predicted octanol–water partition coefficient (Wildman–Crippen LogP) is 1.09. The van der Waals surface area contributed by atoms with Crippen LogP contribution in [0.3, 0.4) is 0 Å². The molecule has 0 aliphatic carbocycles. The van der Waals surface area contributed by atoms with Crippen molar-refractivity contribution < 1.29 is 13.6 Å². The summed E-state index contributed by atoms with van der Waals surface area (Å²) in [5.41, 5.74) is 7.02. The summed E-state index contributed by atoms with van der Waals surface area (Å²) in [5.74, 6) is 0.649. The van der Waals surface area contributed by atoms with Crippen molar-refractivity contribution in [2.24, 2.45) is 0 Å². The largest absolute Gasteiger partial charge is 0.489 e. The van der Waals surface area contributed by atoms with E-state index in [9.17, 15) is 0 Å². The topological polar surface area (TPSA) is 56.5 Å². The Labute approximate surface area is 87.2 Å². The van der Waals surface area contributed by atoms with Crippen LogP contribution in [0.15, 0.2) is 18.2 Å². The van der Waals surface area contributed by atoms with Crippen molar-refractivity contribution in [3.63, 3.8) is 0 Å². The second-order valence-corrected chi connectivity index (χ2v) is 3.19. The zero-order valence-corrected chi connectivity index (χ0v) is 7.62. The zero-order valence-electron chi connectivity index (χ0n) is 10.6. The molecule has 1 atom stereocenters. The number of rotatable bonds is 1. The minimum absolute atomic E-state index is 0.197. The van der Waals surface area contributed by atoms with Crippen LogP contribution < -0.4 is 15.8 Å². The first-order chi connectivity index (χ1) is 7.94. The molecule has 1 aromatic carbocycles. The van der Waals surface area contributed by atoms with E-state index < -0.39 is 13.1 Å². The number of methoxy groups -OCH3 is 1. The molecule has 14 heavy (non-hydrogen) atoms. The summed E-state index contributed by atoms with van der Waals surface area (Å²) in [6, 6.07) is 5.22. The number of ether oxygens (including phenoxy) is 2. The summed E-state index contributed by atoms with van der Waals surface area (Å²) < 4.78 is 31.5. The lowest BCUT2D eigenvalue weighted by Gasteiger charge is -2.10. The van der Waals surface area contributed by atoms with E-state index in [1.54, 1.807) is 18.2 Å².